The molecule has 1 nitrogen and oxygen atoms in total. The van der Waals surface area contributed by atoms with E-state index in [1.54, 1.807) is 0 Å². The molecule has 1 aromatic rings. The second kappa shape index (κ2) is 5.52. The highest BCUT2D eigenvalue weighted by Gasteiger charge is 2.10. The van der Waals surface area contributed by atoms with Crippen LogP contribution in [-0.4, -0.2) is 0 Å². The Bertz CT molecular complexity index is 292. The summed E-state index contributed by atoms with van der Waals surface area (Å²) in [5, 5.41) is 0. The SMILES string of the molecule is CCC(CC)c1ccc(CN)cc1Br. The molecule has 0 bridgehead atoms. The third-order valence-corrected chi connectivity index (χ3v) is 3.41. The molecule has 1 aromatic carbocycles. The van der Waals surface area contributed by atoms with Crippen molar-refractivity contribution < 1.29 is 0 Å². The van der Waals surface area contributed by atoms with E-state index in [1.807, 2.05) is 0 Å². The van der Waals surface area contributed by atoms with Crippen LogP contribution in [0.25, 0.3) is 0 Å². The van der Waals surface area contributed by atoms with Crippen LogP contribution in [-0.2, 0) is 6.54 Å². The van der Waals surface area contributed by atoms with E-state index in [9.17, 15) is 0 Å². The average molecular weight is 256 g/mol. The Morgan fingerprint density at radius 3 is 2.36 bits per heavy atom. The number of hydrogen-bond donors (Lipinski definition) is 1. The van der Waals surface area contributed by atoms with Crippen LogP contribution in [0.4, 0.5) is 0 Å². The van der Waals surface area contributed by atoms with Crippen LogP contribution in [0, 0.1) is 0 Å². The van der Waals surface area contributed by atoms with Crippen LogP contribution in [0.1, 0.15) is 43.7 Å². The number of benzene rings is 1. The van der Waals surface area contributed by atoms with E-state index in [2.05, 4.69) is 48.0 Å². The molecule has 0 unspecified atom stereocenters. The first-order valence-electron chi connectivity index (χ1n) is 5.21. The van der Waals surface area contributed by atoms with Crippen LogP contribution in [0.3, 0.4) is 0 Å². The topological polar surface area (TPSA) is 26.0 Å². The molecule has 0 aliphatic rings. The maximum atomic E-state index is 5.59. The maximum Gasteiger partial charge on any atom is 0.0213 e. The lowest BCUT2D eigenvalue weighted by molar-refractivity contribution is 0.639. The Balaban J connectivity index is 2.98. The molecule has 0 aliphatic carbocycles. The molecule has 1 rings (SSSR count). The van der Waals surface area contributed by atoms with Crippen LogP contribution >= 0.6 is 15.9 Å². The van der Waals surface area contributed by atoms with Gasteiger partial charge in [-0.1, -0.05) is 41.9 Å². The smallest absolute Gasteiger partial charge is 0.0213 e. The summed E-state index contributed by atoms with van der Waals surface area (Å²) in [6.45, 7) is 5.08. The fourth-order valence-corrected chi connectivity index (χ4v) is 2.51. The van der Waals surface area contributed by atoms with E-state index in [-0.39, 0.29) is 0 Å². The molecule has 0 aliphatic heterocycles. The molecular weight excluding hydrogens is 238 g/mol. The average Bonchev–Trinajstić information content (AvgIpc) is 2.22. The first-order valence-corrected chi connectivity index (χ1v) is 6.00. The summed E-state index contributed by atoms with van der Waals surface area (Å²) in [6, 6.07) is 6.45. The van der Waals surface area contributed by atoms with E-state index in [4.69, 9.17) is 5.73 Å². The summed E-state index contributed by atoms with van der Waals surface area (Å²) in [6.07, 6.45) is 2.38. The van der Waals surface area contributed by atoms with Crippen molar-refractivity contribution in [2.24, 2.45) is 5.73 Å². The normalized spacial score (nSPS) is 10.9. The summed E-state index contributed by atoms with van der Waals surface area (Å²) in [7, 11) is 0. The van der Waals surface area contributed by atoms with Gasteiger partial charge >= 0.3 is 0 Å². The Morgan fingerprint density at radius 1 is 1.29 bits per heavy atom. The summed E-state index contributed by atoms with van der Waals surface area (Å²) < 4.78 is 1.20. The van der Waals surface area contributed by atoms with Gasteiger partial charge in [-0.2, -0.15) is 0 Å². The van der Waals surface area contributed by atoms with E-state index < -0.39 is 0 Å². The van der Waals surface area contributed by atoms with Crippen LogP contribution < -0.4 is 5.73 Å². The molecule has 0 atom stereocenters. The van der Waals surface area contributed by atoms with Crippen molar-refractivity contribution >= 4 is 15.9 Å². The largest absolute Gasteiger partial charge is 0.326 e. The minimum Gasteiger partial charge on any atom is -0.326 e. The molecular formula is C12H18BrN. The number of nitrogens with two attached hydrogens (primary N) is 1. The van der Waals surface area contributed by atoms with Gasteiger partial charge in [-0.15, -0.1) is 0 Å². The maximum absolute atomic E-state index is 5.59. The summed E-state index contributed by atoms with van der Waals surface area (Å²) >= 11 is 3.61. The van der Waals surface area contributed by atoms with Gasteiger partial charge in [-0.05, 0) is 36.0 Å². The van der Waals surface area contributed by atoms with Gasteiger partial charge in [-0.25, -0.2) is 0 Å². The number of halogens is 1. The van der Waals surface area contributed by atoms with E-state index in [1.165, 1.54) is 28.4 Å². The number of hydrogen-bond acceptors (Lipinski definition) is 1. The van der Waals surface area contributed by atoms with Gasteiger partial charge in [-0.3, -0.25) is 0 Å². The molecule has 0 radical (unpaired) electrons. The molecule has 14 heavy (non-hydrogen) atoms. The molecule has 0 saturated heterocycles. The standard InChI is InChI=1S/C12H18BrN/c1-3-10(4-2)11-6-5-9(8-14)7-12(11)13/h5-7,10H,3-4,8,14H2,1-2H3. The van der Waals surface area contributed by atoms with Crippen molar-refractivity contribution in [3.63, 3.8) is 0 Å². The van der Waals surface area contributed by atoms with Gasteiger partial charge in [0.2, 0.25) is 0 Å². The molecule has 0 fully saturated rings. The molecule has 0 amide bonds. The lowest BCUT2D eigenvalue weighted by atomic mass is 9.93. The van der Waals surface area contributed by atoms with E-state index in [0.29, 0.717) is 12.5 Å². The zero-order valence-electron chi connectivity index (χ0n) is 8.89. The first kappa shape index (κ1) is 11.7. The molecule has 0 aromatic heterocycles. The predicted octanol–water partition coefficient (Wildman–Crippen LogP) is 3.81. The Labute approximate surface area is 94.8 Å². The zero-order valence-corrected chi connectivity index (χ0v) is 10.5. The second-order valence-corrected chi connectivity index (χ2v) is 4.43. The van der Waals surface area contributed by atoms with Gasteiger partial charge in [0.25, 0.3) is 0 Å². The lowest BCUT2D eigenvalue weighted by Crippen LogP contribution is -2.00. The minimum absolute atomic E-state index is 0.613. The highest BCUT2D eigenvalue weighted by Crippen LogP contribution is 2.30. The second-order valence-electron chi connectivity index (χ2n) is 3.57. The molecule has 2 N–H and O–H groups in total. The first-order chi connectivity index (χ1) is 6.72. The third kappa shape index (κ3) is 2.58. The summed E-state index contributed by atoms with van der Waals surface area (Å²) in [5.41, 5.74) is 8.19. The molecule has 0 spiro atoms. The molecule has 0 heterocycles. The van der Waals surface area contributed by atoms with Crippen molar-refractivity contribution in [3.05, 3.63) is 33.8 Å². The van der Waals surface area contributed by atoms with E-state index >= 15 is 0 Å². The Hall–Kier alpha value is -0.340. The van der Waals surface area contributed by atoms with Crippen LogP contribution in [0.2, 0.25) is 0 Å². The van der Waals surface area contributed by atoms with Gasteiger partial charge in [0.1, 0.15) is 0 Å². The monoisotopic (exact) mass is 255 g/mol. The van der Waals surface area contributed by atoms with Crippen LogP contribution in [0.15, 0.2) is 22.7 Å². The lowest BCUT2D eigenvalue weighted by Gasteiger charge is -2.15. The van der Waals surface area contributed by atoms with Crippen LogP contribution in [0.5, 0.6) is 0 Å². The Kier molecular flexibility index (Phi) is 4.63. The highest BCUT2D eigenvalue weighted by molar-refractivity contribution is 9.10. The molecule has 0 saturated carbocycles. The van der Waals surface area contributed by atoms with Gasteiger partial charge < -0.3 is 5.73 Å². The van der Waals surface area contributed by atoms with Crippen molar-refractivity contribution in [2.45, 2.75) is 39.2 Å². The predicted molar refractivity (Wildman–Crippen MR) is 65.4 cm³/mol. The van der Waals surface area contributed by atoms with Crippen molar-refractivity contribution in [1.82, 2.24) is 0 Å². The van der Waals surface area contributed by atoms with Gasteiger partial charge in [0, 0.05) is 11.0 Å². The number of rotatable bonds is 4. The van der Waals surface area contributed by atoms with Crippen molar-refractivity contribution in [1.29, 1.82) is 0 Å². The van der Waals surface area contributed by atoms with Crippen molar-refractivity contribution in [2.75, 3.05) is 0 Å². The quantitative estimate of drug-likeness (QED) is 0.870. The van der Waals surface area contributed by atoms with Crippen molar-refractivity contribution in [3.8, 4) is 0 Å². The third-order valence-electron chi connectivity index (χ3n) is 2.73. The van der Waals surface area contributed by atoms with Gasteiger partial charge in [0.15, 0.2) is 0 Å². The van der Waals surface area contributed by atoms with Gasteiger partial charge in [0.05, 0.1) is 0 Å². The molecule has 2 heteroatoms. The fourth-order valence-electron chi connectivity index (χ4n) is 1.76. The van der Waals surface area contributed by atoms with E-state index in [0.717, 1.165) is 0 Å². The highest BCUT2D eigenvalue weighted by atomic mass is 79.9. The minimum atomic E-state index is 0.613. The molecule has 78 valence electrons. The zero-order chi connectivity index (χ0) is 10.6. The fraction of sp³-hybridized carbons (Fsp3) is 0.500. The Morgan fingerprint density at radius 2 is 1.93 bits per heavy atom. The summed E-state index contributed by atoms with van der Waals surface area (Å²) in [5.74, 6) is 0.663. The summed E-state index contributed by atoms with van der Waals surface area (Å²) in [4.78, 5) is 0.